The highest BCUT2D eigenvalue weighted by molar-refractivity contribution is 9.10. The summed E-state index contributed by atoms with van der Waals surface area (Å²) in [4.78, 5) is 18.6. The fourth-order valence-electron chi connectivity index (χ4n) is 4.04. The number of halogens is 2. The molecule has 0 radical (unpaired) electrons. The van der Waals surface area contributed by atoms with Gasteiger partial charge in [0.25, 0.3) is 0 Å². The van der Waals surface area contributed by atoms with Gasteiger partial charge in [0.1, 0.15) is 5.60 Å². The van der Waals surface area contributed by atoms with E-state index in [9.17, 15) is 4.79 Å². The lowest BCUT2D eigenvalue weighted by Gasteiger charge is -2.33. The lowest BCUT2D eigenvalue weighted by Crippen LogP contribution is -2.41. The fraction of sp³-hybridized carbons (Fsp3) is 0.391. The average molecular weight is 491 g/mol. The average Bonchev–Trinajstić information content (AvgIpc) is 2.99. The van der Waals surface area contributed by atoms with Crippen LogP contribution in [0.4, 0.5) is 4.79 Å². The summed E-state index contributed by atoms with van der Waals surface area (Å²) in [6.07, 6.45) is 5.28. The van der Waals surface area contributed by atoms with Crippen LogP contribution in [0.25, 0.3) is 16.6 Å². The van der Waals surface area contributed by atoms with Crippen molar-refractivity contribution in [2.75, 3.05) is 13.1 Å². The predicted octanol–water partition coefficient (Wildman–Crippen LogP) is 6.56. The van der Waals surface area contributed by atoms with E-state index in [1.54, 1.807) is 0 Å². The van der Waals surface area contributed by atoms with Crippen molar-refractivity contribution in [3.05, 3.63) is 57.9 Å². The first kappa shape index (κ1) is 21.2. The normalized spacial score (nSPS) is 15.6. The van der Waals surface area contributed by atoms with E-state index in [2.05, 4.69) is 31.5 Å². The zero-order chi connectivity index (χ0) is 21.5. The lowest BCUT2D eigenvalue weighted by molar-refractivity contribution is 0.0205. The molecule has 3 aromatic rings. The van der Waals surface area contributed by atoms with Crippen molar-refractivity contribution in [2.24, 2.45) is 0 Å². The van der Waals surface area contributed by atoms with Crippen molar-refractivity contribution in [2.45, 2.75) is 45.1 Å². The van der Waals surface area contributed by atoms with E-state index in [4.69, 9.17) is 16.3 Å². The van der Waals surface area contributed by atoms with Crippen molar-refractivity contribution >= 4 is 44.5 Å². The number of nitrogens with zero attached hydrogens (tertiary/aromatic N) is 3. The van der Waals surface area contributed by atoms with Crippen LogP contribution in [-0.4, -0.2) is 39.2 Å². The van der Waals surface area contributed by atoms with Crippen LogP contribution in [0, 0.1) is 0 Å². The third kappa shape index (κ3) is 4.21. The molecule has 1 aromatic carbocycles. The summed E-state index contributed by atoms with van der Waals surface area (Å²) in [5, 5.41) is 1.89. The first-order valence-corrected chi connectivity index (χ1v) is 11.3. The molecule has 0 N–H and O–H groups in total. The molecular formula is C23H25BrClN3O2. The van der Waals surface area contributed by atoms with E-state index < -0.39 is 5.60 Å². The number of hydrogen-bond acceptors (Lipinski definition) is 3. The molecule has 0 bridgehead atoms. The maximum absolute atomic E-state index is 12.4. The molecule has 1 amide bonds. The van der Waals surface area contributed by atoms with Gasteiger partial charge in [-0.05, 0) is 91.4 Å². The van der Waals surface area contributed by atoms with Crippen molar-refractivity contribution in [1.82, 2.24) is 14.5 Å². The molecule has 4 rings (SSSR count). The highest BCUT2D eigenvalue weighted by Gasteiger charge is 2.30. The van der Waals surface area contributed by atoms with Gasteiger partial charge in [0.15, 0.2) is 0 Å². The minimum atomic E-state index is -0.476. The zero-order valence-electron chi connectivity index (χ0n) is 17.4. The highest BCUT2D eigenvalue weighted by atomic mass is 79.9. The first-order valence-electron chi connectivity index (χ1n) is 10.1. The number of pyridine rings is 1. The fourth-order valence-corrected chi connectivity index (χ4v) is 5.10. The number of likely N-dealkylation sites (tertiary alicyclic amines) is 1. The van der Waals surface area contributed by atoms with Crippen LogP contribution in [0.5, 0.6) is 0 Å². The SMILES string of the molecule is CC(C)(C)OC(=O)N1CCC(c2c(Br)n(-c3ccc(Cl)cc3)c3cnccc23)CC1. The number of rotatable bonds is 2. The Morgan fingerprint density at radius 1 is 1.17 bits per heavy atom. The predicted molar refractivity (Wildman–Crippen MR) is 124 cm³/mol. The van der Waals surface area contributed by atoms with Gasteiger partial charge in [0.05, 0.1) is 16.3 Å². The Morgan fingerprint density at radius 2 is 1.83 bits per heavy atom. The van der Waals surface area contributed by atoms with Crippen molar-refractivity contribution in [3.63, 3.8) is 0 Å². The van der Waals surface area contributed by atoms with Crippen LogP contribution < -0.4 is 0 Å². The molecule has 7 heteroatoms. The Bertz CT molecular complexity index is 1060. The van der Waals surface area contributed by atoms with Gasteiger partial charge in [-0.1, -0.05) is 11.6 Å². The Kier molecular flexibility index (Phi) is 5.82. The van der Waals surface area contributed by atoms with Gasteiger partial charge in [-0.25, -0.2) is 4.79 Å². The van der Waals surface area contributed by atoms with E-state index in [0.717, 1.165) is 28.6 Å². The molecule has 158 valence electrons. The quantitative estimate of drug-likeness (QED) is 0.409. The van der Waals surface area contributed by atoms with Gasteiger partial charge < -0.3 is 14.2 Å². The van der Waals surface area contributed by atoms with E-state index in [1.807, 2.05) is 62.3 Å². The number of carbonyl (C=O) groups is 1. The second-order valence-corrected chi connectivity index (χ2v) is 9.84. The summed E-state index contributed by atoms with van der Waals surface area (Å²) in [5.41, 5.74) is 2.87. The monoisotopic (exact) mass is 489 g/mol. The van der Waals surface area contributed by atoms with Gasteiger partial charge in [-0.15, -0.1) is 0 Å². The minimum absolute atomic E-state index is 0.229. The molecule has 2 aromatic heterocycles. The lowest BCUT2D eigenvalue weighted by atomic mass is 9.89. The number of carbonyl (C=O) groups excluding carboxylic acids is 1. The molecule has 0 spiro atoms. The summed E-state index contributed by atoms with van der Waals surface area (Å²) >= 11 is 9.95. The maximum Gasteiger partial charge on any atom is 0.410 e. The molecule has 0 unspecified atom stereocenters. The second-order valence-electron chi connectivity index (χ2n) is 8.65. The van der Waals surface area contributed by atoms with Crippen LogP contribution in [0.1, 0.15) is 45.1 Å². The Morgan fingerprint density at radius 3 is 2.47 bits per heavy atom. The number of benzene rings is 1. The summed E-state index contributed by atoms with van der Waals surface area (Å²) in [6, 6.07) is 9.87. The molecule has 0 saturated carbocycles. The van der Waals surface area contributed by atoms with E-state index in [0.29, 0.717) is 24.0 Å². The molecule has 3 heterocycles. The first-order chi connectivity index (χ1) is 14.2. The molecule has 30 heavy (non-hydrogen) atoms. The Hall–Kier alpha value is -2.05. The van der Waals surface area contributed by atoms with Crippen LogP contribution in [0.3, 0.4) is 0 Å². The molecular weight excluding hydrogens is 466 g/mol. The molecule has 0 aliphatic carbocycles. The van der Waals surface area contributed by atoms with Gasteiger partial charge in [-0.3, -0.25) is 4.98 Å². The number of ether oxygens (including phenoxy) is 1. The molecule has 0 atom stereocenters. The van der Waals surface area contributed by atoms with E-state index in [1.165, 1.54) is 10.9 Å². The molecule has 5 nitrogen and oxygen atoms in total. The highest BCUT2D eigenvalue weighted by Crippen LogP contribution is 2.41. The van der Waals surface area contributed by atoms with Crippen molar-refractivity contribution in [1.29, 1.82) is 0 Å². The number of aromatic nitrogens is 2. The number of amides is 1. The smallest absolute Gasteiger partial charge is 0.410 e. The summed E-state index contributed by atoms with van der Waals surface area (Å²) in [6.45, 7) is 7.06. The molecule has 1 aliphatic heterocycles. The van der Waals surface area contributed by atoms with Crippen LogP contribution in [0.2, 0.25) is 5.02 Å². The summed E-state index contributed by atoms with van der Waals surface area (Å²) < 4.78 is 8.74. The van der Waals surface area contributed by atoms with Crippen LogP contribution in [0.15, 0.2) is 47.3 Å². The van der Waals surface area contributed by atoms with Gasteiger partial charge in [-0.2, -0.15) is 0 Å². The topological polar surface area (TPSA) is 47.4 Å². The third-order valence-electron chi connectivity index (χ3n) is 5.39. The van der Waals surface area contributed by atoms with Crippen molar-refractivity contribution in [3.8, 4) is 5.69 Å². The van der Waals surface area contributed by atoms with E-state index >= 15 is 0 Å². The third-order valence-corrected chi connectivity index (χ3v) is 6.42. The second kappa shape index (κ2) is 8.23. The number of piperidine rings is 1. The van der Waals surface area contributed by atoms with Gasteiger partial charge in [0, 0.05) is 35.4 Å². The van der Waals surface area contributed by atoms with Crippen LogP contribution in [-0.2, 0) is 4.74 Å². The van der Waals surface area contributed by atoms with Crippen molar-refractivity contribution < 1.29 is 9.53 Å². The number of fused-ring (bicyclic) bond motifs is 1. The van der Waals surface area contributed by atoms with Gasteiger partial charge in [0.2, 0.25) is 0 Å². The summed E-state index contributed by atoms with van der Waals surface area (Å²) in [5.74, 6) is 0.344. The maximum atomic E-state index is 12.4. The van der Waals surface area contributed by atoms with Crippen LogP contribution >= 0.6 is 27.5 Å². The Labute approximate surface area is 190 Å². The number of hydrogen-bond donors (Lipinski definition) is 0. The van der Waals surface area contributed by atoms with Gasteiger partial charge >= 0.3 is 6.09 Å². The standard InChI is InChI=1S/C23H25BrClN3O2/c1-23(2,3)30-22(29)27-12-9-15(10-13-27)20-18-8-11-26-14-19(18)28(21(20)24)17-6-4-16(25)5-7-17/h4-8,11,14-15H,9-10,12-13H2,1-3H3. The Balaban J connectivity index is 1.64. The molecule has 1 aliphatic rings. The summed E-state index contributed by atoms with van der Waals surface area (Å²) in [7, 11) is 0. The minimum Gasteiger partial charge on any atom is -0.444 e. The largest absolute Gasteiger partial charge is 0.444 e. The zero-order valence-corrected chi connectivity index (χ0v) is 19.7. The molecule has 1 fully saturated rings. The molecule has 1 saturated heterocycles. The van der Waals surface area contributed by atoms with E-state index in [-0.39, 0.29) is 6.09 Å².